The predicted molar refractivity (Wildman–Crippen MR) is 302 cm³/mol. The van der Waals surface area contributed by atoms with E-state index in [-0.39, 0.29) is 0 Å². The van der Waals surface area contributed by atoms with E-state index in [9.17, 15) is 0 Å². The number of aromatic amines is 2. The molecular formula is C46H64N12O6S6-2. The fraction of sp³-hybridized carbons (Fsp3) is 0.304. The Bertz CT molecular complexity index is 2660. The Morgan fingerprint density at radius 3 is 0.714 bits per heavy atom. The second-order valence-electron chi connectivity index (χ2n) is 13.2. The molecule has 0 spiro atoms. The number of hydrogen-bond acceptors (Lipinski definition) is 20. The monoisotopic (exact) mass is 1070 g/mol. The highest BCUT2D eigenvalue weighted by Crippen LogP contribution is 2.36. The second kappa shape index (κ2) is 33.8. The molecule has 18 nitrogen and oxygen atoms in total. The van der Waals surface area contributed by atoms with Crippen molar-refractivity contribution >= 4 is 115 Å². The summed E-state index contributed by atoms with van der Waals surface area (Å²) in [5, 5.41) is 3.82. The van der Waals surface area contributed by atoms with Crippen LogP contribution in [-0.4, -0.2) is 128 Å². The number of nitrogens with one attached hydrogen (secondary N) is 2. The molecule has 0 saturated heterocycles. The van der Waals surface area contributed by atoms with Crippen LogP contribution in [0.25, 0.3) is 89.7 Å². The van der Waals surface area contributed by atoms with Gasteiger partial charge in [-0.05, 0) is 0 Å². The highest BCUT2D eigenvalue weighted by atomic mass is 32.2. The first kappa shape index (κ1) is 63.3. The van der Waals surface area contributed by atoms with Crippen molar-refractivity contribution in [3.05, 3.63) is 97.1 Å². The van der Waals surface area contributed by atoms with Crippen molar-refractivity contribution in [1.29, 1.82) is 0 Å². The molecular weight excluding hydrogens is 1010 g/mol. The van der Waals surface area contributed by atoms with E-state index in [4.69, 9.17) is 78.8 Å². The lowest BCUT2D eigenvalue weighted by atomic mass is 10.1. The van der Waals surface area contributed by atoms with Crippen LogP contribution in [-0.2, 0) is 20.2 Å². The molecule has 0 fully saturated rings. The number of H-pyrrole nitrogens is 2. The summed E-state index contributed by atoms with van der Waals surface area (Å²) in [5.74, 6) is 5.56. The molecule has 3 aromatic heterocycles. The van der Waals surface area contributed by atoms with Crippen molar-refractivity contribution in [3.8, 4) is 45.6 Å². The molecule has 0 aliphatic carbocycles. The van der Waals surface area contributed by atoms with E-state index in [0.717, 1.165) is 66.8 Å². The van der Waals surface area contributed by atoms with Gasteiger partial charge in [0.25, 0.3) is 0 Å². The van der Waals surface area contributed by atoms with Crippen LogP contribution in [0.15, 0.2) is 97.1 Å². The summed E-state index contributed by atoms with van der Waals surface area (Å²) in [6, 6.07) is 32.2. The topological polar surface area (TPSA) is 327 Å². The third kappa shape index (κ3) is 21.3. The first-order valence-electron chi connectivity index (χ1n) is 21.7. The lowest BCUT2D eigenvalue weighted by Gasteiger charge is -1.96. The summed E-state index contributed by atoms with van der Waals surface area (Å²) in [6.07, 6.45) is 1.21. The molecule has 2 aliphatic heterocycles. The number of nitrogens with zero attached hydrogens (tertiary/aromatic N) is 6. The number of hydrogen-bond donors (Lipinski definition) is 10. The Balaban J connectivity index is 0.000000677. The van der Waals surface area contributed by atoms with Crippen molar-refractivity contribution in [3.63, 3.8) is 0 Å². The smallest absolute Gasteiger partial charge is 0.164 e. The maximum atomic E-state index is 9.08. The Morgan fingerprint density at radius 1 is 0.400 bits per heavy atom. The highest BCUT2D eigenvalue weighted by molar-refractivity contribution is 7.85. The molecule has 10 N–H and O–H groups in total. The number of benzene rings is 4. The quantitative estimate of drug-likeness (QED) is 0.0644. The van der Waals surface area contributed by atoms with E-state index in [2.05, 4.69) is 60.5 Å². The van der Waals surface area contributed by atoms with Gasteiger partial charge < -0.3 is 42.0 Å². The van der Waals surface area contributed by atoms with Gasteiger partial charge in [0.1, 0.15) is 22.6 Å². The van der Waals surface area contributed by atoms with E-state index >= 15 is 0 Å². The third-order valence-corrected chi connectivity index (χ3v) is 9.01. The molecule has 0 atom stereocenters. The summed E-state index contributed by atoms with van der Waals surface area (Å²) < 4.78 is 54.5. The Kier molecular flexibility index (Phi) is 30.6. The fourth-order valence-corrected chi connectivity index (χ4v) is 5.59. The van der Waals surface area contributed by atoms with E-state index in [1.165, 1.54) is 0 Å². The van der Waals surface area contributed by atoms with Gasteiger partial charge in [0.15, 0.2) is 23.3 Å². The number of aromatic nitrogens is 8. The molecule has 8 bridgehead atoms. The van der Waals surface area contributed by atoms with Crippen molar-refractivity contribution in [2.24, 2.45) is 22.9 Å². The summed E-state index contributed by atoms with van der Waals surface area (Å²) >= 11 is 15.2. The van der Waals surface area contributed by atoms with Gasteiger partial charge in [-0.3, -0.25) is 0 Å². The summed E-state index contributed by atoms with van der Waals surface area (Å²) in [4.78, 5) is 36.8. The van der Waals surface area contributed by atoms with Gasteiger partial charge in [0.2, 0.25) is 0 Å². The molecule has 382 valence electrons. The van der Waals surface area contributed by atoms with E-state index in [1.807, 2.05) is 125 Å². The average molecular weight is 1070 g/mol. The van der Waals surface area contributed by atoms with Crippen LogP contribution in [0, 0.1) is 0 Å². The normalized spacial score (nSPS) is 10.4. The zero-order chi connectivity index (χ0) is 52.9. The van der Waals surface area contributed by atoms with E-state index < -0.39 is 20.2 Å². The molecule has 7 aromatic rings. The van der Waals surface area contributed by atoms with Crippen LogP contribution in [0.1, 0.15) is 27.7 Å². The fourth-order valence-electron chi connectivity index (χ4n) is 5.59. The predicted octanol–water partition coefficient (Wildman–Crippen LogP) is 6.74. The van der Waals surface area contributed by atoms with Crippen LogP contribution in [0.5, 0.6) is 0 Å². The largest absolute Gasteiger partial charge is 0.748 e. The van der Waals surface area contributed by atoms with Crippen LogP contribution >= 0.6 is 50.5 Å². The van der Waals surface area contributed by atoms with Crippen LogP contribution in [0.2, 0.25) is 0 Å². The molecule has 70 heavy (non-hydrogen) atoms. The van der Waals surface area contributed by atoms with E-state index in [0.29, 0.717) is 84.6 Å². The maximum absolute atomic E-state index is 9.08. The van der Waals surface area contributed by atoms with Crippen molar-refractivity contribution in [2.75, 3.05) is 61.7 Å². The Hall–Kier alpha value is -4.70. The molecule has 9 rings (SSSR count). The number of thiol groups is 4. The SMILES string of the molecule is CC.CC.CS(=O)(=O)[O-].CS(=O)(=O)[O-].NCCS.NCCS.NCCS.NCCS.c1ccc2c(c1)-c1nc-2nc2[nH]c(nc3nc(nc4[nH]c(n1)c1ccccc41)-c1ccccc1-3)c1ccccc21. The number of fused-ring (bicyclic) bond motifs is 20. The molecule has 5 heterocycles. The zero-order valence-corrected chi connectivity index (χ0v) is 45.2. The molecule has 0 unspecified atom stereocenters. The van der Waals surface area contributed by atoms with Crippen LogP contribution in [0.3, 0.4) is 0 Å². The van der Waals surface area contributed by atoms with Crippen molar-refractivity contribution in [1.82, 2.24) is 39.9 Å². The molecule has 4 aromatic carbocycles. The minimum Gasteiger partial charge on any atom is -0.748 e. The zero-order valence-electron chi connectivity index (χ0n) is 39.9. The van der Waals surface area contributed by atoms with Crippen LogP contribution < -0.4 is 22.9 Å². The van der Waals surface area contributed by atoms with Gasteiger partial charge in [0, 0.05) is 106 Å². The highest BCUT2D eigenvalue weighted by Gasteiger charge is 2.21. The van der Waals surface area contributed by atoms with Gasteiger partial charge >= 0.3 is 0 Å². The first-order valence-corrected chi connectivity index (χ1v) is 27.9. The third-order valence-electron chi connectivity index (χ3n) is 7.98. The van der Waals surface area contributed by atoms with Gasteiger partial charge in [-0.2, -0.15) is 50.5 Å². The molecule has 0 saturated carbocycles. The van der Waals surface area contributed by atoms with Crippen molar-refractivity contribution < 1.29 is 25.9 Å². The van der Waals surface area contributed by atoms with Gasteiger partial charge in [-0.1, -0.05) is 125 Å². The number of rotatable bonds is 4. The maximum Gasteiger partial charge on any atom is 0.164 e. The lowest BCUT2D eigenvalue weighted by Crippen LogP contribution is -1.97. The average Bonchev–Trinajstić information content (AvgIpc) is 4.10. The van der Waals surface area contributed by atoms with E-state index in [1.54, 1.807) is 0 Å². The van der Waals surface area contributed by atoms with Crippen molar-refractivity contribution in [2.45, 2.75) is 27.7 Å². The Labute approximate surface area is 432 Å². The Morgan fingerprint density at radius 2 is 0.557 bits per heavy atom. The molecule has 0 radical (unpaired) electrons. The lowest BCUT2D eigenvalue weighted by molar-refractivity contribution is 0.468. The standard InChI is InChI=1S/C32H18N8.4C2H7NS.2C2H6.2CH4O3S/c1-2-10-18-17(9-1)25-33-26(18)38-28-21-13-5-6-14-22(21)30(35-28)40-32-24-16-8-7-15-23(24)31(36-32)39-29-20-12-4-3-11-19(20)27(34-29)37-25;4*3-1-2-4;2*1-2;2*1-5(2,3)4/h1-16H,(H2,33,34,35,36,37,38,39,40);4*4H,1-3H2;2*1-2H3;2*1H3,(H,2,3,4)/p-2. The van der Waals surface area contributed by atoms with Gasteiger partial charge in [0.05, 0.1) is 20.2 Å². The minimum absolute atomic E-state index is 0.597. The summed E-state index contributed by atoms with van der Waals surface area (Å²) in [6.45, 7) is 10.7. The van der Waals surface area contributed by atoms with Gasteiger partial charge in [-0.15, -0.1) is 0 Å². The minimum atomic E-state index is -3.92. The number of nitrogens with two attached hydrogens (primary N) is 4. The molecule has 24 heteroatoms. The summed E-state index contributed by atoms with van der Waals surface area (Å²) in [7, 11) is -7.83. The molecule has 0 amide bonds. The van der Waals surface area contributed by atoms with Gasteiger partial charge in [-0.25, -0.2) is 46.7 Å². The molecule has 2 aliphatic rings. The first-order chi connectivity index (χ1) is 33.5. The van der Waals surface area contributed by atoms with Crippen LogP contribution in [0.4, 0.5) is 0 Å². The second-order valence-corrected chi connectivity index (χ2v) is 17.9. The summed E-state index contributed by atoms with van der Waals surface area (Å²) in [5.41, 5.74) is 26.3.